The number of carbonyl (C=O) groups is 2. The highest BCUT2D eigenvalue weighted by atomic mass is 16.4. The molecule has 2 aliphatic carbocycles. The van der Waals surface area contributed by atoms with Crippen LogP contribution in [0, 0.1) is 17.8 Å². The molecule has 4 atom stereocenters. The zero-order chi connectivity index (χ0) is 15.4. The predicted octanol–water partition coefficient (Wildman–Crippen LogP) is 2.71. The highest BCUT2D eigenvalue weighted by Gasteiger charge is 2.40. The van der Waals surface area contributed by atoms with Crippen molar-refractivity contribution in [2.45, 2.75) is 57.9 Å². The van der Waals surface area contributed by atoms with E-state index in [0.29, 0.717) is 12.3 Å². The van der Waals surface area contributed by atoms with Crippen LogP contribution >= 0.6 is 0 Å². The van der Waals surface area contributed by atoms with Crippen LogP contribution < -0.4 is 5.32 Å². The summed E-state index contributed by atoms with van der Waals surface area (Å²) < 4.78 is 0. The number of rotatable bonds is 7. The summed E-state index contributed by atoms with van der Waals surface area (Å²) >= 11 is 0. The molecule has 2 N–H and O–H groups in total. The van der Waals surface area contributed by atoms with Crippen LogP contribution in [0.5, 0.6) is 0 Å². The second kappa shape index (κ2) is 7.14. The molecule has 2 amide bonds. The van der Waals surface area contributed by atoms with E-state index < -0.39 is 12.0 Å². The van der Waals surface area contributed by atoms with Crippen LogP contribution in [0.25, 0.3) is 0 Å². The van der Waals surface area contributed by atoms with Gasteiger partial charge in [-0.05, 0) is 43.4 Å². The van der Waals surface area contributed by atoms with Crippen LogP contribution in [0.3, 0.4) is 0 Å². The predicted molar refractivity (Wildman–Crippen MR) is 81.0 cm³/mol. The molecule has 0 aromatic rings. The molecule has 0 heterocycles. The molecular weight excluding hydrogens is 268 g/mol. The molecular formula is C16H28N2O3. The van der Waals surface area contributed by atoms with E-state index in [-0.39, 0.29) is 6.03 Å². The number of urea groups is 1. The fourth-order valence-electron chi connectivity index (χ4n) is 3.96. The largest absolute Gasteiger partial charge is 0.480 e. The summed E-state index contributed by atoms with van der Waals surface area (Å²) in [5.41, 5.74) is 0. The summed E-state index contributed by atoms with van der Waals surface area (Å²) in [4.78, 5) is 25.0. The molecule has 5 nitrogen and oxygen atoms in total. The number of unbranched alkanes of at least 4 members (excludes halogenated alkanes) is 1. The number of fused-ring (bicyclic) bond motifs is 2. The molecule has 0 aromatic heterocycles. The van der Waals surface area contributed by atoms with Crippen molar-refractivity contribution in [3.63, 3.8) is 0 Å². The molecule has 3 unspecified atom stereocenters. The fraction of sp³-hybridized carbons (Fsp3) is 0.875. The molecule has 0 saturated heterocycles. The monoisotopic (exact) mass is 296 g/mol. The van der Waals surface area contributed by atoms with E-state index >= 15 is 0 Å². The molecule has 21 heavy (non-hydrogen) atoms. The van der Waals surface area contributed by atoms with Crippen LogP contribution in [0.15, 0.2) is 0 Å². The molecule has 120 valence electrons. The third kappa shape index (κ3) is 4.11. The van der Waals surface area contributed by atoms with E-state index in [9.17, 15) is 9.59 Å². The topological polar surface area (TPSA) is 69.6 Å². The lowest BCUT2D eigenvalue weighted by molar-refractivity contribution is -0.139. The van der Waals surface area contributed by atoms with Crippen molar-refractivity contribution in [2.75, 3.05) is 13.6 Å². The van der Waals surface area contributed by atoms with Crippen LogP contribution in [-0.2, 0) is 4.79 Å². The van der Waals surface area contributed by atoms with Gasteiger partial charge >= 0.3 is 12.0 Å². The third-order valence-corrected chi connectivity index (χ3v) is 5.18. The molecule has 0 aromatic carbocycles. The first-order valence-corrected chi connectivity index (χ1v) is 8.25. The van der Waals surface area contributed by atoms with E-state index in [1.807, 2.05) is 6.92 Å². The average molecular weight is 296 g/mol. The third-order valence-electron chi connectivity index (χ3n) is 5.18. The number of aliphatic carboxylic acids is 1. The van der Waals surface area contributed by atoms with E-state index in [1.165, 1.54) is 25.7 Å². The minimum Gasteiger partial charge on any atom is -0.480 e. The second-order valence-corrected chi connectivity index (χ2v) is 6.80. The molecule has 2 rings (SSSR count). The number of hydrogen-bond acceptors (Lipinski definition) is 2. The van der Waals surface area contributed by atoms with Crippen LogP contribution in [-0.4, -0.2) is 41.6 Å². The maximum atomic E-state index is 12.2. The van der Waals surface area contributed by atoms with Gasteiger partial charge in [-0.1, -0.05) is 26.2 Å². The maximum Gasteiger partial charge on any atom is 0.326 e. The van der Waals surface area contributed by atoms with E-state index in [2.05, 4.69) is 5.32 Å². The Morgan fingerprint density at radius 2 is 2.10 bits per heavy atom. The Morgan fingerprint density at radius 3 is 2.62 bits per heavy atom. The van der Waals surface area contributed by atoms with Crippen molar-refractivity contribution in [2.24, 2.45) is 17.8 Å². The van der Waals surface area contributed by atoms with Gasteiger partial charge in [-0.2, -0.15) is 0 Å². The number of hydrogen-bond donors (Lipinski definition) is 2. The van der Waals surface area contributed by atoms with Gasteiger partial charge in [0.05, 0.1) is 0 Å². The van der Waals surface area contributed by atoms with Gasteiger partial charge in [0.1, 0.15) is 6.04 Å². The molecule has 2 fully saturated rings. The van der Waals surface area contributed by atoms with E-state index in [0.717, 1.165) is 31.2 Å². The number of nitrogens with zero attached hydrogens (tertiary/aromatic N) is 1. The highest BCUT2D eigenvalue weighted by molar-refractivity contribution is 5.82. The lowest BCUT2D eigenvalue weighted by Gasteiger charge is -2.28. The zero-order valence-corrected chi connectivity index (χ0v) is 13.2. The van der Waals surface area contributed by atoms with Gasteiger partial charge in [0.15, 0.2) is 0 Å². The van der Waals surface area contributed by atoms with Gasteiger partial charge in [0.2, 0.25) is 0 Å². The molecule has 2 aliphatic rings. The molecule has 5 heteroatoms. The zero-order valence-electron chi connectivity index (χ0n) is 13.2. The first-order valence-electron chi connectivity index (χ1n) is 8.25. The average Bonchev–Trinajstić information content (AvgIpc) is 3.05. The number of carboxylic acids is 1. The van der Waals surface area contributed by atoms with Crippen molar-refractivity contribution in [3.05, 3.63) is 0 Å². The fourth-order valence-corrected chi connectivity index (χ4v) is 3.96. The van der Waals surface area contributed by atoms with Crippen LogP contribution in [0.2, 0.25) is 0 Å². The van der Waals surface area contributed by atoms with Crippen molar-refractivity contribution >= 4 is 12.0 Å². The lowest BCUT2D eigenvalue weighted by Crippen LogP contribution is -2.48. The Labute approximate surface area is 127 Å². The SMILES string of the molecule is CCCC[C@H](NC(=O)N(C)CC1CC2CCC1C2)C(=O)O. The Hall–Kier alpha value is -1.26. The summed E-state index contributed by atoms with van der Waals surface area (Å²) in [5, 5.41) is 11.8. The lowest BCUT2D eigenvalue weighted by atomic mass is 9.88. The molecule has 2 saturated carbocycles. The normalized spacial score (nSPS) is 28.4. The van der Waals surface area contributed by atoms with Crippen LogP contribution in [0.1, 0.15) is 51.9 Å². The van der Waals surface area contributed by atoms with Gasteiger partial charge in [-0.15, -0.1) is 0 Å². The summed E-state index contributed by atoms with van der Waals surface area (Å²) in [6.45, 7) is 2.77. The standard InChI is InChI=1S/C16H28N2O3/c1-3-4-5-14(15(19)20)17-16(21)18(2)10-13-9-11-6-7-12(13)8-11/h11-14H,3-10H2,1-2H3,(H,17,21)(H,19,20)/t11?,12?,13?,14-/m0/s1. The van der Waals surface area contributed by atoms with E-state index in [4.69, 9.17) is 5.11 Å². The van der Waals surface area contributed by atoms with Gasteiger partial charge in [-0.3, -0.25) is 0 Å². The second-order valence-electron chi connectivity index (χ2n) is 6.80. The quantitative estimate of drug-likeness (QED) is 0.759. The van der Waals surface area contributed by atoms with Gasteiger partial charge < -0.3 is 15.3 Å². The Bertz CT molecular complexity index is 386. The summed E-state index contributed by atoms with van der Waals surface area (Å²) in [5.74, 6) is 1.32. The molecule has 2 bridgehead atoms. The minimum atomic E-state index is -0.940. The minimum absolute atomic E-state index is 0.249. The van der Waals surface area contributed by atoms with Crippen molar-refractivity contribution < 1.29 is 14.7 Å². The van der Waals surface area contributed by atoms with Gasteiger partial charge in [-0.25, -0.2) is 9.59 Å². The van der Waals surface area contributed by atoms with E-state index in [1.54, 1.807) is 11.9 Å². The van der Waals surface area contributed by atoms with Crippen LogP contribution in [0.4, 0.5) is 4.79 Å². The number of carbonyl (C=O) groups excluding carboxylic acids is 1. The first kappa shape index (κ1) is 16.1. The number of carboxylic acid groups (broad SMARTS) is 1. The summed E-state index contributed by atoms with van der Waals surface area (Å²) in [6.07, 6.45) is 7.47. The van der Waals surface area contributed by atoms with Gasteiger partial charge in [0.25, 0.3) is 0 Å². The van der Waals surface area contributed by atoms with Gasteiger partial charge in [0, 0.05) is 13.6 Å². The summed E-state index contributed by atoms with van der Waals surface area (Å²) in [6, 6.07) is -1.01. The summed E-state index contributed by atoms with van der Waals surface area (Å²) in [7, 11) is 1.78. The smallest absolute Gasteiger partial charge is 0.326 e. The highest BCUT2D eigenvalue weighted by Crippen LogP contribution is 2.48. The number of nitrogens with one attached hydrogen (secondary N) is 1. The van der Waals surface area contributed by atoms with Crippen molar-refractivity contribution in [1.82, 2.24) is 10.2 Å². The van der Waals surface area contributed by atoms with Crippen molar-refractivity contribution in [1.29, 1.82) is 0 Å². The molecule has 0 aliphatic heterocycles. The Balaban J connectivity index is 1.79. The van der Waals surface area contributed by atoms with Crippen molar-refractivity contribution in [3.8, 4) is 0 Å². The molecule has 0 radical (unpaired) electrons. The molecule has 0 spiro atoms. The Kier molecular flexibility index (Phi) is 5.48. The maximum absolute atomic E-state index is 12.2. The number of amides is 2. The first-order chi connectivity index (χ1) is 10.0. The Morgan fingerprint density at radius 1 is 1.33 bits per heavy atom.